The van der Waals surface area contributed by atoms with Crippen LogP contribution in [0.3, 0.4) is 0 Å². The Bertz CT molecular complexity index is 546. The average molecular weight is 268 g/mol. The lowest BCUT2D eigenvalue weighted by Crippen LogP contribution is -2.41. The number of nitroso groups, excluding NO2 is 1. The van der Waals surface area contributed by atoms with E-state index in [4.69, 9.17) is 17.3 Å². The van der Waals surface area contributed by atoms with Gasteiger partial charge in [0, 0.05) is 17.1 Å². The second-order valence-corrected chi connectivity index (χ2v) is 4.59. The number of amides is 2. The molecule has 1 aromatic carbocycles. The Labute approximate surface area is 107 Å². The Hall–Kier alpha value is -1.95. The molecule has 18 heavy (non-hydrogen) atoms. The number of benzene rings is 1. The minimum absolute atomic E-state index is 0.280. The van der Waals surface area contributed by atoms with Crippen LogP contribution in [0, 0.1) is 4.91 Å². The molecule has 0 bridgehead atoms. The topological polar surface area (TPSA) is 102 Å². The number of fused-ring (bicyclic) bond motifs is 1. The number of rotatable bonds is 4. The van der Waals surface area contributed by atoms with Gasteiger partial charge in [-0.2, -0.15) is 4.91 Å². The lowest BCUT2D eigenvalue weighted by molar-refractivity contribution is -0.126. The third-order valence-corrected chi connectivity index (χ3v) is 3.23. The standard InChI is InChI=1S/C11H10ClN3O3/c12-6-1-2-8-7(3-6)11(5-14-18,4-9(13)16)10(17)15-8/h1-3H,4-5H2,(H2,13,16)(H,15,17). The van der Waals surface area contributed by atoms with E-state index < -0.39 is 17.2 Å². The highest BCUT2D eigenvalue weighted by atomic mass is 35.5. The summed E-state index contributed by atoms with van der Waals surface area (Å²) in [6, 6.07) is 4.77. The van der Waals surface area contributed by atoms with Gasteiger partial charge >= 0.3 is 0 Å². The van der Waals surface area contributed by atoms with Crippen molar-refractivity contribution in [2.45, 2.75) is 11.8 Å². The molecule has 0 fully saturated rings. The highest BCUT2D eigenvalue weighted by Crippen LogP contribution is 2.41. The summed E-state index contributed by atoms with van der Waals surface area (Å²) < 4.78 is 0. The SMILES string of the molecule is NC(=O)CC1(CN=O)C(=O)Nc2ccc(Cl)cc21. The van der Waals surface area contributed by atoms with E-state index in [1.54, 1.807) is 18.2 Å². The fraction of sp³-hybridized carbons (Fsp3) is 0.273. The first kappa shape index (κ1) is 12.5. The first-order valence-corrected chi connectivity index (χ1v) is 5.56. The zero-order valence-electron chi connectivity index (χ0n) is 9.27. The van der Waals surface area contributed by atoms with E-state index in [0.717, 1.165) is 0 Å². The van der Waals surface area contributed by atoms with Crippen LogP contribution < -0.4 is 11.1 Å². The Morgan fingerprint density at radius 2 is 2.22 bits per heavy atom. The summed E-state index contributed by atoms with van der Waals surface area (Å²) in [6.45, 7) is -0.352. The summed E-state index contributed by atoms with van der Waals surface area (Å²) in [5, 5.41) is 5.77. The lowest BCUT2D eigenvalue weighted by Gasteiger charge is -2.22. The summed E-state index contributed by atoms with van der Waals surface area (Å²) in [7, 11) is 0. The Morgan fingerprint density at radius 1 is 1.50 bits per heavy atom. The number of nitrogens with zero attached hydrogens (tertiary/aromatic N) is 1. The van der Waals surface area contributed by atoms with Gasteiger partial charge in [-0.25, -0.2) is 0 Å². The van der Waals surface area contributed by atoms with E-state index in [2.05, 4.69) is 10.5 Å². The van der Waals surface area contributed by atoms with Crippen molar-refractivity contribution in [1.29, 1.82) is 0 Å². The molecular formula is C11H10ClN3O3. The number of primary amides is 1. The fourth-order valence-electron chi connectivity index (χ4n) is 2.18. The smallest absolute Gasteiger partial charge is 0.237 e. The molecular weight excluding hydrogens is 258 g/mol. The lowest BCUT2D eigenvalue weighted by atomic mass is 9.78. The number of nitrogens with one attached hydrogen (secondary N) is 1. The van der Waals surface area contributed by atoms with Crippen molar-refractivity contribution >= 4 is 29.1 Å². The average Bonchev–Trinajstić information content (AvgIpc) is 2.53. The number of nitrogens with two attached hydrogens (primary N) is 1. The molecule has 1 atom stereocenters. The molecule has 0 aromatic heterocycles. The molecule has 1 aromatic rings. The summed E-state index contributed by atoms with van der Waals surface area (Å²) in [5.41, 5.74) is 4.82. The van der Waals surface area contributed by atoms with Gasteiger partial charge in [-0.1, -0.05) is 16.8 Å². The molecule has 1 unspecified atom stereocenters. The molecule has 1 heterocycles. The molecule has 7 heteroatoms. The minimum Gasteiger partial charge on any atom is -0.370 e. The third-order valence-electron chi connectivity index (χ3n) is 2.99. The second-order valence-electron chi connectivity index (χ2n) is 4.16. The van der Waals surface area contributed by atoms with E-state index >= 15 is 0 Å². The maximum absolute atomic E-state index is 12.0. The fourth-order valence-corrected chi connectivity index (χ4v) is 2.35. The van der Waals surface area contributed by atoms with Crippen molar-refractivity contribution in [3.05, 3.63) is 33.7 Å². The predicted octanol–water partition coefficient (Wildman–Crippen LogP) is 1.17. The van der Waals surface area contributed by atoms with Crippen LogP contribution in [0.1, 0.15) is 12.0 Å². The van der Waals surface area contributed by atoms with Crippen molar-refractivity contribution < 1.29 is 9.59 Å². The molecule has 0 spiro atoms. The van der Waals surface area contributed by atoms with Crippen LogP contribution in [0.4, 0.5) is 5.69 Å². The molecule has 2 amide bonds. The highest BCUT2D eigenvalue weighted by molar-refractivity contribution is 6.31. The van der Waals surface area contributed by atoms with E-state index in [-0.39, 0.29) is 13.0 Å². The molecule has 2 rings (SSSR count). The largest absolute Gasteiger partial charge is 0.370 e. The monoisotopic (exact) mass is 267 g/mol. The number of anilines is 1. The van der Waals surface area contributed by atoms with Crippen LogP contribution in [0.5, 0.6) is 0 Å². The molecule has 1 aliphatic heterocycles. The first-order valence-electron chi connectivity index (χ1n) is 5.18. The number of hydrogen-bond donors (Lipinski definition) is 2. The maximum atomic E-state index is 12.0. The normalized spacial score (nSPS) is 21.3. The van der Waals surface area contributed by atoms with Gasteiger partial charge in [-0.15, -0.1) is 0 Å². The molecule has 0 saturated heterocycles. The zero-order chi connectivity index (χ0) is 13.3. The van der Waals surface area contributed by atoms with Gasteiger partial charge in [0.1, 0.15) is 12.0 Å². The van der Waals surface area contributed by atoms with Crippen LogP contribution in [-0.4, -0.2) is 18.4 Å². The Morgan fingerprint density at radius 3 is 2.83 bits per heavy atom. The van der Waals surface area contributed by atoms with Crippen molar-refractivity contribution in [3.63, 3.8) is 0 Å². The number of hydrogen-bond acceptors (Lipinski definition) is 4. The van der Waals surface area contributed by atoms with Gasteiger partial charge in [0.2, 0.25) is 11.8 Å². The minimum atomic E-state index is -1.34. The van der Waals surface area contributed by atoms with Crippen molar-refractivity contribution in [2.24, 2.45) is 10.9 Å². The Kier molecular flexibility index (Phi) is 3.04. The summed E-state index contributed by atoms with van der Waals surface area (Å²) >= 11 is 5.87. The second kappa shape index (κ2) is 4.38. The first-order chi connectivity index (χ1) is 8.49. The van der Waals surface area contributed by atoms with E-state index in [1.165, 1.54) is 0 Å². The van der Waals surface area contributed by atoms with E-state index in [1.807, 2.05) is 0 Å². The highest BCUT2D eigenvalue weighted by Gasteiger charge is 2.48. The number of carbonyl (C=O) groups excluding carboxylic acids is 2. The molecule has 0 aliphatic carbocycles. The van der Waals surface area contributed by atoms with Crippen LogP contribution in [-0.2, 0) is 15.0 Å². The van der Waals surface area contributed by atoms with Crippen molar-refractivity contribution in [2.75, 3.05) is 11.9 Å². The van der Waals surface area contributed by atoms with Crippen LogP contribution >= 0.6 is 11.6 Å². The van der Waals surface area contributed by atoms with Gasteiger partial charge in [0.05, 0.1) is 0 Å². The quantitative estimate of drug-likeness (QED) is 0.801. The molecule has 3 N–H and O–H groups in total. The van der Waals surface area contributed by atoms with Gasteiger partial charge < -0.3 is 11.1 Å². The summed E-state index contributed by atoms with van der Waals surface area (Å²) in [4.78, 5) is 33.7. The molecule has 0 radical (unpaired) electrons. The van der Waals surface area contributed by atoms with Gasteiger partial charge in [0.15, 0.2) is 0 Å². The number of halogens is 1. The van der Waals surface area contributed by atoms with Crippen LogP contribution in [0.25, 0.3) is 0 Å². The van der Waals surface area contributed by atoms with Crippen molar-refractivity contribution in [1.82, 2.24) is 0 Å². The van der Waals surface area contributed by atoms with Crippen molar-refractivity contribution in [3.8, 4) is 0 Å². The van der Waals surface area contributed by atoms with Gasteiger partial charge in [-0.3, -0.25) is 9.59 Å². The van der Waals surface area contributed by atoms with Crippen LogP contribution in [0.15, 0.2) is 23.4 Å². The molecule has 0 saturated carbocycles. The number of carbonyl (C=O) groups is 2. The Balaban J connectivity index is 2.59. The summed E-state index contributed by atoms with van der Waals surface area (Å²) in [6.07, 6.45) is -0.280. The van der Waals surface area contributed by atoms with E-state index in [0.29, 0.717) is 16.3 Å². The van der Waals surface area contributed by atoms with Gasteiger partial charge in [-0.05, 0) is 23.8 Å². The third kappa shape index (κ3) is 1.84. The zero-order valence-corrected chi connectivity index (χ0v) is 10.0. The van der Waals surface area contributed by atoms with E-state index in [9.17, 15) is 14.5 Å². The maximum Gasteiger partial charge on any atom is 0.237 e. The van der Waals surface area contributed by atoms with Gasteiger partial charge in [0.25, 0.3) is 0 Å². The predicted molar refractivity (Wildman–Crippen MR) is 66.2 cm³/mol. The molecule has 94 valence electrons. The van der Waals surface area contributed by atoms with Crippen LogP contribution in [0.2, 0.25) is 5.02 Å². The summed E-state index contributed by atoms with van der Waals surface area (Å²) in [5.74, 6) is -1.14. The molecule has 1 aliphatic rings. The molecule has 6 nitrogen and oxygen atoms in total.